The van der Waals surface area contributed by atoms with Gasteiger partial charge in [-0.15, -0.1) is 0 Å². The number of hydrogen-bond acceptors (Lipinski definition) is 3. The first kappa shape index (κ1) is 21.0. The molecule has 0 N–H and O–H groups in total. The van der Waals surface area contributed by atoms with Crippen molar-refractivity contribution in [1.29, 1.82) is 0 Å². The van der Waals surface area contributed by atoms with Gasteiger partial charge >= 0.3 is 0 Å². The monoisotopic (exact) mass is 414 g/mol. The lowest BCUT2D eigenvalue weighted by molar-refractivity contribution is 0.299. The second kappa shape index (κ2) is 9.69. The van der Waals surface area contributed by atoms with Crippen LogP contribution in [0.2, 0.25) is 0 Å². The highest BCUT2D eigenvalue weighted by atomic mass is 16.5. The van der Waals surface area contributed by atoms with Gasteiger partial charge < -0.3 is 14.0 Å². The van der Waals surface area contributed by atoms with E-state index in [4.69, 9.17) is 14.5 Å². The van der Waals surface area contributed by atoms with Gasteiger partial charge in [0.1, 0.15) is 17.3 Å². The quantitative estimate of drug-likeness (QED) is 0.286. The molecule has 1 heterocycles. The average molecular weight is 415 g/mol. The van der Waals surface area contributed by atoms with Gasteiger partial charge in [-0.05, 0) is 66.8 Å². The van der Waals surface area contributed by atoms with Crippen LogP contribution < -0.4 is 9.47 Å². The summed E-state index contributed by atoms with van der Waals surface area (Å²) in [5.74, 6) is 3.31. The van der Waals surface area contributed by atoms with E-state index in [2.05, 4.69) is 66.9 Å². The van der Waals surface area contributed by atoms with Crippen LogP contribution in [-0.4, -0.2) is 23.3 Å². The summed E-state index contributed by atoms with van der Waals surface area (Å²) in [6.45, 7) is 6.02. The lowest BCUT2D eigenvalue weighted by atomic mass is 10.0. The highest BCUT2D eigenvalue weighted by Gasteiger charge is 2.12. The van der Waals surface area contributed by atoms with Crippen LogP contribution in [-0.2, 0) is 6.54 Å². The Morgan fingerprint density at radius 1 is 0.871 bits per heavy atom. The summed E-state index contributed by atoms with van der Waals surface area (Å²) in [6.07, 6.45) is 2.01. The van der Waals surface area contributed by atoms with Crippen molar-refractivity contribution >= 4 is 11.0 Å². The minimum atomic E-state index is 0.459. The normalized spacial score (nSPS) is 11.2. The second-order valence-electron chi connectivity index (χ2n) is 8.05. The molecule has 0 aliphatic rings. The molecule has 4 nitrogen and oxygen atoms in total. The van der Waals surface area contributed by atoms with Gasteiger partial charge in [0.05, 0.1) is 24.8 Å². The molecule has 0 aliphatic heterocycles. The zero-order chi connectivity index (χ0) is 21.6. The second-order valence-corrected chi connectivity index (χ2v) is 8.05. The van der Waals surface area contributed by atoms with Crippen LogP contribution >= 0.6 is 0 Å². The molecule has 4 heteroatoms. The van der Waals surface area contributed by atoms with Gasteiger partial charge in [-0.25, -0.2) is 4.98 Å². The first-order chi connectivity index (χ1) is 15.2. The summed E-state index contributed by atoms with van der Waals surface area (Å²) in [5.41, 5.74) is 4.55. The van der Waals surface area contributed by atoms with Gasteiger partial charge in [0.25, 0.3) is 0 Å². The average Bonchev–Trinajstić information content (AvgIpc) is 3.17. The molecule has 0 saturated carbocycles. The van der Waals surface area contributed by atoms with Crippen molar-refractivity contribution in [2.75, 3.05) is 13.7 Å². The highest BCUT2D eigenvalue weighted by molar-refractivity contribution is 5.80. The summed E-state index contributed by atoms with van der Waals surface area (Å²) in [7, 11) is 1.69. The number of fused-ring (bicyclic) bond motifs is 1. The van der Waals surface area contributed by atoms with Crippen LogP contribution in [0.15, 0.2) is 72.8 Å². The number of imidazole rings is 1. The maximum atomic E-state index is 6.11. The molecule has 0 saturated heterocycles. The minimum Gasteiger partial charge on any atom is -0.497 e. The highest BCUT2D eigenvalue weighted by Crippen LogP contribution is 2.28. The maximum absolute atomic E-state index is 6.11. The fourth-order valence-electron chi connectivity index (χ4n) is 3.91. The number of nitrogens with zero attached hydrogens (tertiary/aromatic N) is 2. The van der Waals surface area contributed by atoms with Crippen molar-refractivity contribution < 1.29 is 9.47 Å². The first-order valence-electron chi connectivity index (χ1n) is 11.0. The molecule has 3 aromatic carbocycles. The smallest absolute Gasteiger partial charge is 0.141 e. The lowest BCUT2D eigenvalue weighted by Gasteiger charge is -2.14. The van der Waals surface area contributed by atoms with Crippen LogP contribution in [0, 0.1) is 0 Å². The molecular weight excluding hydrogens is 384 g/mol. The molecule has 0 amide bonds. The van der Waals surface area contributed by atoms with Gasteiger partial charge in [-0.1, -0.05) is 44.2 Å². The third-order valence-corrected chi connectivity index (χ3v) is 5.58. The molecule has 0 bridgehead atoms. The SMILES string of the molecule is COc1ccc(-c2nc3ccccc3n2CCCCOc2ccccc2C(C)C)cc1. The molecule has 160 valence electrons. The number of ether oxygens (including phenoxy) is 2. The number of para-hydroxylation sites is 3. The molecule has 31 heavy (non-hydrogen) atoms. The Morgan fingerprint density at radius 2 is 1.61 bits per heavy atom. The summed E-state index contributed by atoms with van der Waals surface area (Å²) in [5, 5.41) is 0. The molecule has 1 aromatic heterocycles. The molecular formula is C27H30N2O2. The molecule has 0 atom stereocenters. The van der Waals surface area contributed by atoms with E-state index in [0.717, 1.165) is 47.8 Å². The third-order valence-electron chi connectivity index (χ3n) is 5.58. The van der Waals surface area contributed by atoms with Crippen LogP contribution in [0.5, 0.6) is 11.5 Å². The van der Waals surface area contributed by atoms with E-state index in [-0.39, 0.29) is 0 Å². The van der Waals surface area contributed by atoms with Crippen LogP contribution in [0.1, 0.15) is 38.2 Å². The standard InChI is InChI=1S/C27H30N2O2/c1-20(2)23-10-4-7-13-26(23)31-19-9-8-18-29-25-12-6-5-11-24(25)28-27(29)21-14-16-22(30-3)17-15-21/h4-7,10-17,20H,8-9,18-19H2,1-3H3. The molecule has 0 fully saturated rings. The number of rotatable bonds is 9. The molecule has 0 radical (unpaired) electrons. The Morgan fingerprint density at radius 3 is 2.39 bits per heavy atom. The summed E-state index contributed by atoms with van der Waals surface area (Å²) < 4.78 is 13.7. The zero-order valence-corrected chi connectivity index (χ0v) is 18.5. The predicted octanol–water partition coefficient (Wildman–Crippen LogP) is 6.69. The van der Waals surface area contributed by atoms with E-state index in [1.165, 1.54) is 11.1 Å². The Bertz CT molecular complexity index is 1130. The first-order valence-corrected chi connectivity index (χ1v) is 11.0. The Hall–Kier alpha value is -3.27. The van der Waals surface area contributed by atoms with Crippen LogP contribution in [0.3, 0.4) is 0 Å². The Labute approximate surface area is 184 Å². The van der Waals surface area contributed by atoms with Crippen LogP contribution in [0.25, 0.3) is 22.4 Å². The Balaban J connectivity index is 1.46. The summed E-state index contributed by atoms with van der Waals surface area (Å²) in [4.78, 5) is 4.91. The number of aromatic nitrogens is 2. The maximum Gasteiger partial charge on any atom is 0.141 e. The number of aryl methyl sites for hydroxylation is 1. The minimum absolute atomic E-state index is 0.459. The topological polar surface area (TPSA) is 36.3 Å². The molecule has 0 aliphatic carbocycles. The summed E-state index contributed by atoms with van der Waals surface area (Å²) >= 11 is 0. The van der Waals surface area contributed by atoms with E-state index in [9.17, 15) is 0 Å². The van der Waals surface area contributed by atoms with Gasteiger partial charge in [0, 0.05) is 12.1 Å². The molecule has 0 spiro atoms. The van der Waals surface area contributed by atoms with Gasteiger partial charge in [0.2, 0.25) is 0 Å². The predicted molar refractivity (Wildman–Crippen MR) is 127 cm³/mol. The number of hydrogen-bond donors (Lipinski definition) is 0. The van der Waals surface area contributed by atoms with Crippen molar-refractivity contribution in [2.45, 2.75) is 39.2 Å². The molecule has 4 aromatic rings. The van der Waals surface area contributed by atoms with E-state index in [0.29, 0.717) is 12.5 Å². The summed E-state index contributed by atoms with van der Waals surface area (Å²) in [6, 6.07) is 24.8. The van der Waals surface area contributed by atoms with E-state index < -0.39 is 0 Å². The lowest BCUT2D eigenvalue weighted by Crippen LogP contribution is -2.05. The molecule has 0 unspecified atom stereocenters. The van der Waals surface area contributed by atoms with Gasteiger partial charge in [-0.2, -0.15) is 0 Å². The molecule has 4 rings (SSSR count). The number of benzene rings is 3. The van der Waals surface area contributed by atoms with E-state index in [1.807, 2.05) is 24.3 Å². The number of unbranched alkanes of at least 4 members (excludes halogenated alkanes) is 1. The largest absolute Gasteiger partial charge is 0.497 e. The van der Waals surface area contributed by atoms with Crippen molar-refractivity contribution in [3.05, 3.63) is 78.4 Å². The van der Waals surface area contributed by atoms with Crippen molar-refractivity contribution in [3.8, 4) is 22.9 Å². The Kier molecular flexibility index (Phi) is 6.56. The third kappa shape index (κ3) is 4.74. The van der Waals surface area contributed by atoms with Gasteiger partial charge in [-0.3, -0.25) is 0 Å². The fourth-order valence-corrected chi connectivity index (χ4v) is 3.91. The van der Waals surface area contributed by atoms with Gasteiger partial charge in [0.15, 0.2) is 0 Å². The van der Waals surface area contributed by atoms with Crippen LogP contribution in [0.4, 0.5) is 0 Å². The zero-order valence-electron chi connectivity index (χ0n) is 18.5. The van der Waals surface area contributed by atoms with E-state index in [1.54, 1.807) is 7.11 Å². The number of methoxy groups -OCH3 is 1. The van der Waals surface area contributed by atoms with Crippen molar-refractivity contribution in [1.82, 2.24) is 9.55 Å². The van der Waals surface area contributed by atoms with Crippen molar-refractivity contribution in [2.24, 2.45) is 0 Å². The van der Waals surface area contributed by atoms with E-state index >= 15 is 0 Å². The van der Waals surface area contributed by atoms with Crippen molar-refractivity contribution in [3.63, 3.8) is 0 Å². The fraction of sp³-hybridized carbons (Fsp3) is 0.296.